The molecule has 0 aliphatic rings. The fraction of sp³-hybridized carbons (Fsp3) is 0.200. The molecule has 15 heavy (non-hydrogen) atoms. The zero-order chi connectivity index (χ0) is 11.3. The van der Waals surface area contributed by atoms with Gasteiger partial charge in [0.25, 0.3) is 0 Å². The Kier molecular flexibility index (Phi) is 4.07. The average Bonchev–Trinajstić information content (AvgIpc) is 2.23. The van der Waals surface area contributed by atoms with E-state index in [9.17, 15) is 4.39 Å². The van der Waals surface area contributed by atoms with Gasteiger partial charge in [-0.15, -0.1) is 11.6 Å². The Balaban J connectivity index is 3.03. The van der Waals surface area contributed by atoms with Gasteiger partial charge in [0, 0.05) is 5.56 Å². The van der Waals surface area contributed by atoms with E-state index >= 15 is 0 Å². The lowest BCUT2D eigenvalue weighted by Crippen LogP contribution is -2.12. The molecule has 0 saturated heterocycles. The molecule has 3 nitrogen and oxygen atoms in total. The normalized spacial score (nSPS) is 11.1. The quantitative estimate of drug-likeness (QED) is 0.487. The number of nitriles is 1. The number of nitrogens with two attached hydrogens (primary N) is 1. The summed E-state index contributed by atoms with van der Waals surface area (Å²) in [7, 11) is 0. The number of hydrogen-bond donors (Lipinski definition) is 1. The number of rotatable bonds is 3. The lowest BCUT2D eigenvalue weighted by Gasteiger charge is -2.00. The van der Waals surface area contributed by atoms with Crippen LogP contribution in [0.1, 0.15) is 5.56 Å². The van der Waals surface area contributed by atoms with Gasteiger partial charge in [-0.25, -0.2) is 9.38 Å². The van der Waals surface area contributed by atoms with Crippen LogP contribution in [-0.2, 0) is 6.42 Å². The predicted molar refractivity (Wildman–Crippen MR) is 57.7 cm³/mol. The van der Waals surface area contributed by atoms with Crippen LogP contribution in [0.15, 0.2) is 23.2 Å². The van der Waals surface area contributed by atoms with Gasteiger partial charge in [-0.1, -0.05) is 0 Å². The first-order valence-electron chi connectivity index (χ1n) is 4.21. The first-order valence-corrected chi connectivity index (χ1v) is 4.75. The average molecular weight is 226 g/mol. The predicted octanol–water partition coefficient (Wildman–Crippen LogP) is 2.12. The van der Waals surface area contributed by atoms with E-state index in [-0.39, 0.29) is 18.1 Å². The molecule has 0 radical (unpaired) electrons. The molecule has 0 amide bonds. The summed E-state index contributed by atoms with van der Waals surface area (Å²) in [4.78, 5) is 3.95. The monoisotopic (exact) mass is 225 g/mol. The van der Waals surface area contributed by atoms with Crippen molar-refractivity contribution in [3.63, 3.8) is 0 Å². The van der Waals surface area contributed by atoms with Crippen LogP contribution in [0.4, 0.5) is 10.1 Å². The van der Waals surface area contributed by atoms with Crippen LogP contribution in [0.25, 0.3) is 0 Å². The summed E-state index contributed by atoms with van der Waals surface area (Å²) in [6.45, 7) is 0. The highest BCUT2D eigenvalue weighted by Crippen LogP contribution is 2.17. The van der Waals surface area contributed by atoms with E-state index in [0.29, 0.717) is 11.3 Å². The summed E-state index contributed by atoms with van der Waals surface area (Å²) in [5.74, 6) is -0.0450. The number of aliphatic imine (C=N–C) groups is 1. The molecule has 0 atom stereocenters. The Hall–Kier alpha value is -1.60. The number of halogens is 2. The fourth-order valence-electron chi connectivity index (χ4n) is 1.05. The van der Waals surface area contributed by atoms with E-state index in [0.717, 1.165) is 0 Å². The van der Waals surface area contributed by atoms with Gasteiger partial charge < -0.3 is 5.73 Å². The van der Waals surface area contributed by atoms with Gasteiger partial charge in [0.15, 0.2) is 0 Å². The highest BCUT2D eigenvalue weighted by Gasteiger charge is 2.02. The van der Waals surface area contributed by atoms with Crippen molar-refractivity contribution < 1.29 is 4.39 Å². The van der Waals surface area contributed by atoms with E-state index in [1.54, 1.807) is 0 Å². The second-order valence-corrected chi connectivity index (χ2v) is 3.11. The summed E-state index contributed by atoms with van der Waals surface area (Å²) in [6.07, 6.45) is 0.00989. The molecule has 0 aliphatic carbocycles. The molecular weight excluding hydrogens is 217 g/mol. The molecule has 1 rings (SSSR count). The Labute approximate surface area is 92.0 Å². The summed E-state index contributed by atoms with van der Waals surface area (Å²) < 4.78 is 13.1. The first kappa shape index (κ1) is 11.5. The zero-order valence-electron chi connectivity index (χ0n) is 7.87. The van der Waals surface area contributed by atoms with Crippen molar-refractivity contribution in [2.75, 3.05) is 5.88 Å². The van der Waals surface area contributed by atoms with Gasteiger partial charge >= 0.3 is 0 Å². The lowest BCUT2D eigenvalue weighted by molar-refractivity contribution is 0.615. The molecular formula is C10H9ClFN3. The molecule has 5 heteroatoms. The molecule has 0 spiro atoms. The van der Waals surface area contributed by atoms with Gasteiger partial charge in [-0.05, 0) is 18.2 Å². The topological polar surface area (TPSA) is 62.2 Å². The van der Waals surface area contributed by atoms with Crippen molar-refractivity contribution in [2.45, 2.75) is 6.42 Å². The van der Waals surface area contributed by atoms with Crippen LogP contribution in [-0.4, -0.2) is 11.7 Å². The molecule has 1 aromatic carbocycles. The van der Waals surface area contributed by atoms with Gasteiger partial charge in [0.1, 0.15) is 11.7 Å². The van der Waals surface area contributed by atoms with Gasteiger partial charge in [-0.2, -0.15) is 5.26 Å². The van der Waals surface area contributed by atoms with Crippen LogP contribution < -0.4 is 5.73 Å². The van der Waals surface area contributed by atoms with E-state index < -0.39 is 5.82 Å². The van der Waals surface area contributed by atoms with Crippen LogP contribution in [0.2, 0.25) is 0 Å². The molecule has 78 valence electrons. The van der Waals surface area contributed by atoms with Crippen molar-refractivity contribution in [2.24, 2.45) is 10.7 Å². The standard InChI is InChI=1S/C10H9ClFN3/c11-6-10(14)15-8-1-2-9(12)7(5-8)3-4-13/h1-2,5H,3,6H2,(H2,14,15). The first-order chi connectivity index (χ1) is 7.17. The smallest absolute Gasteiger partial charge is 0.127 e. The molecule has 0 bridgehead atoms. The van der Waals surface area contributed by atoms with Crippen molar-refractivity contribution in [3.8, 4) is 6.07 Å². The number of hydrogen-bond acceptors (Lipinski definition) is 2. The highest BCUT2D eigenvalue weighted by molar-refractivity contribution is 6.28. The summed E-state index contributed by atoms with van der Waals surface area (Å²) in [5, 5.41) is 8.46. The highest BCUT2D eigenvalue weighted by atomic mass is 35.5. The second kappa shape index (κ2) is 5.32. The third-order valence-electron chi connectivity index (χ3n) is 1.71. The summed E-state index contributed by atoms with van der Waals surface area (Å²) >= 11 is 5.45. The summed E-state index contributed by atoms with van der Waals surface area (Å²) in [6, 6.07) is 6.10. The second-order valence-electron chi connectivity index (χ2n) is 2.85. The number of amidine groups is 1. The largest absolute Gasteiger partial charge is 0.386 e. The molecule has 0 fully saturated rings. The fourth-order valence-corrected chi connectivity index (χ4v) is 1.11. The van der Waals surface area contributed by atoms with Gasteiger partial charge in [0.05, 0.1) is 24.1 Å². The molecule has 0 heterocycles. The van der Waals surface area contributed by atoms with E-state index in [1.807, 2.05) is 6.07 Å². The summed E-state index contributed by atoms with van der Waals surface area (Å²) in [5.41, 5.74) is 6.23. The minimum absolute atomic E-state index is 0.00989. The Morgan fingerprint density at radius 3 is 2.93 bits per heavy atom. The molecule has 0 aromatic heterocycles. The number of benzene rings is 1. The minimum atomic E-state index is -0.417. The zero-order valence-corrected chi connectivity index (χ0v) is 8.63. The van der Waals surface area contributed by atoms with Crippen LogP contribution in [0, 0.1) is 17.1 Å². The van der Waals surface area contributed by atoms with Crippen molar-refractivity contribution in [1.82, 2.24) is 0 Å². The minimum Gasteiger partial charge on any atom is -0.386 e. The van der Waals surface area contributed by atoms with E-state index in [1.165, 1.54) is 18.2 Å². The maximum Gasteiger partial charge on any atom is 0.127 e. The van der Waals surface area contributed by atoms with Crippen molar-refractivity contribution >= 4 is 23.1 Å². The Morgan fingerprint density at radius 1 is 1.60 bits per heavy atom. The van der Waals surface area contributed by atoms with E-state index in [4.69, 9.17) is 22.6 Å². The SMILES string of the molecule is N#CCc1cc(N=C(N)CCl)ccc1F. The third-order valence-corrected chi connectivity index (χ3v) is 1.98. The van der Waals surface area contributed by atoms with Crippen LogP contribution in [0.3, 0.4) is 0 Å². The van der Waals surface area contributed by atoms with E-state index in [2.05, 4.69) is 4.99 Å². The number of alkyl halides is 1. The molecule has 0 aliphatic heterocycles. The van der Waals surface area contributed by atoms with Crippen LogP contribution >= 0.6 is 11.6 Å². The maximum absolute atomic E-state index is 13.1. The molecule has 0 saturated carbocycles. The Bertz CT molecular complexity index is 423. The maximum atomic E-state index is 13.1. The molecule has 0 unspecified atom stereocenters. The lowest BCUT2D eigenvalue weighted by atomic mass is 10.1. The molecule has 2 N–H and O–H groups in total. The third kappa shape index (κ3) is 3.22. The van der Waals surface area contributed by atoms with Gasteiger partial charge in [-0.3, -0.25) is 0 Å². The Morgan fingerprint density at radius 2 is 2.33 bits per heavy atom. The van der Waals surface area contributed by atoms with Crippen molar-refractivity contribution in [1.29, 1.82) is 5.26 Å². The van der Waals surface area contributed by atoms with Crippen LogP contribution in [0.5, 0.6) is 0 Å². The number of nitrogens with zero attached hydrogens (tertiary/aromatic N) is 2. The van der Waals surface area contributed by atoms with Crippen molar-refractivity contribution in [3.05, 3.63) is 29.6 Å². The van der Waals surface area contributed by atoms with Gasteiger partial charge in [0.2, 0.25) is 0 Å². The molecule has 1 aromatic rings.